The number of nitrogens with one attached hydrogen (secondary N) is 1. The molecule has 0 aromatic heterocycles. The maximum atomic E-state index is 8.51. The van der Waals surface area contributed by atoms with Crippen molar-refractivity contribution in [3.63, 3.8) is 0 Å². The third-order valence-electron chi connectivity index (χ3n) is 4.75. The number of rotatable bonds is 1. The van der Waals surface area contributed by atoms with E-state index in [1.807, 2.05) is 6.07 Å². The second-order valence-electron chi connectivity index (χ2n) is 5.72. The van der Waals surface area contributed by atoms with E-state index in [9.17, 15) is 0 Å². The predicted octanol–water partition coefficient (Wildman–Crippen LogP) is 2.23. The number of fused-ring (bicyclic) bond motifs is 4. The molecule has 96 valence electrons. The highest BCUT2D eigenvalue weighted by Crippen LogP contribution is 2.43. The molecule has 1 heterocycles. The number of nitrogens with zero attached hydrogens (tertiary/aromatic N) is 1. The Morgan fingerprint density at radius 3 is 2.94 bits per heavy atom. The second-order valence-corrected chi connectivity index (χ2v) is 5.72. The van der Waals surface area contributed by atoms with E-state index in [-0.39, 0.29) is 11.5 Å². The van der Waals surface area contributed by atoms with Crippen LogP contribution >= 0.6 is 0 Å². The van der Waals surface area contributed by atoms with Crippen molar-refractivity contribution in [2.75, 3.05) is 20.7 Å². The van der Waals surface area contributed by atoms with E-state index in [4.69, 9.17) is 10.1 Å². The molecule has 1 aliphatic carbocycles. The van der Waals surface area contributed by atoms with Gasteiger partial charge in [0.25, 0.3) is 0 Å². The van der Waals surface area contributed by atoms with Gasteiger partial charge < -0.3 is 10.1 Å². The van der Waals surface area contributed by atoms with Crippen LogP contribution in [0.15, 0.2) is 18.2 Å². The number of benzene rings is 1. The Kier molecular flexibility index (Phi) is 2.49. The SMILES string of the molecule is COc1ccc2c(c1)C1(C)CCN(C)C(C2)C1=N. The molecule has 0 amide bonds. The Morgan fingerprint density at radius 1 is 1.44 bits per heavy atom. The standard InChI is InChI=1S/C15H20N2O/c1-15-6-7-17(2)13(14(15)16)8-10-4-5-11(18-3)9-12(10)15/h4-5,9,13,16H,6-8H2,1-3H3. The van der Waals surface area contributed by atoms with Crippen LogP contribution in [0, 0.1) is 5.41 Å². The first-order valence-corrected chi connectivity index (χ1v) is 6.53. The molecule has 0 spiro atoms. The van der Waals surface area contributed by atoms with E-state index < -0.39 is 0 Å². The first-order chi connectivity index (χ1) is 8.56. The fraction of sp³-hybridized carbons (Fsp3) is 0.533. The first-order valence-electron chi connectivity index (χ1n) is 6.53. The minimum atomic E-state index is -0.0979. The molecule has 1 saturated heterocycles. The molecule has 0 radical (unpaired) electrons. The lowest BCUT2D eigenvalue weighted by Crippen LogP contribution is -2.58. The summed E-state index contributed by atoms with van der Waals surface area (Å²) < 4.78 is 5.34. The largest absolute Gasteiger partial charge is 0.497 e. The minimum Gasteiger partial charge on any atom is -0.497 e. The average Bonchev–Trinajstić information content (AvgIpc) is 2.38. The maximum Gasteiger partial charge on any atom is 0.119 e. The van der Waals surface area contributed by atoms with Crippen LogP contribution in [0.3, 0.4) is 0 Å². The lowest BCUT2D eigenvalue weighted by atomic mass is 9.64. The summed E-state index contributed by atoms with van der Waals surface area (Å²) in [6.07, 6.45) is 1.99. The number of hydrogen-bond acceptors (Lipinski definition) is 3. The Labute approximate surface area is 108 Å². The number of likely N-dealkylation sites (tertiary alicyclic amines) is 1. The highest BCUT2D eigenvalue weighted by molar-refractivity contribution is 5.99. The van der Waals surface area contributed by atoms with Crippen LogP contribution in [0.4, 0.5) is 0 Å². The Balaban J connectivity index is 2.16. The summed E-state index contributed by atoms with van der Waals surface area (Å²) in [5.41, 5.74) is 3.46. The summed E-state index contributed by atoms with van der Waals surface area (Å²) in [5, 5.41) is 8.51. The second kappa shape index (κ2) is 3.82. The topological polar surface area (TPSA) is 36.3 Å². The lowest BCUT2D eigenvalue weighted by molar-refractivity contribution is 0.223. The zero-order valence-corrected chi connectivity index (χ0v) is 11.3. The van der Waals surface area contributed by atoms with Gasteiger partial charge in [0.2, 0.25) is 0 Å². The molecule has 1 aromatic rings. The molecule has 0 saturated carbocycles. The molecule has 1 aliphatic heterocycles. The van der Waals surface area contributed by atoms with Crippen LogP contribution in [-0.2, 0) is 11.8 Å². The van der Waals surface area contributed by atoms with E-state index in [0.29, 0.717) is 0 Å². The number of methoxy groups -OCH3 is 1. The summed E-state index contributed by atoms with van der Waals surface area (Å²) >= 11 is 0. The fourth-order valence-electron chi connectivity index (χ4n) is 3.40. The van der Waals surface area contributed by atoms with Gasteiger partial charge in [-0.25, -0.2) is 0 Å². The molecule has 1 N–H and O–H groups in total. The molecule has 1 aromatic carbocycles. The number of likely N-dealkylation sites (N-methyl/N-ethyl adjacent to an activating group) is 1. The van der Waals surface area contributed by atoms with E-state index in [2.05, 4.69) is 31.0 Å². The highest BCUT2D eigenvalue weighted by Gasteiger charge is 2.46. The summed E-state index contributed by atoms with van der Waals surface area (Å²) in [6, 6.07) is 6.62. The van der Waals surface area contributed by atoms with Gasteiger partial charge in [-0.05, 0) is 49.7 Å². The van der Waals surface area contributed by atoms with E-state index in [1.54, 1.807) is 7.11 Å². The molecule has 2 atom stereocenters. The molecule has 2 bridgehead atoms. The zero-order chi connectivity index (χ0) is 12.9. The van der Waals surface area contributed by atoms with Crippen molar-refractivity contribution < 1.29 is 4.74 Å². The fourth-order valence-corrected chi connectivity index (χ4v) is 3.40. The van der Waals surface area contributed by atoms with Gasteiger partial charge in [-0.3, -0.25) is 4.90 Å². The van der Waals surface area contributed by atoms with Gasteiger partial charge in [0, 0.05) is 11.1 Å². The molecular formula is C15H20N2O. The van der Waals surface area contributed by atoms with Crippen molar-refractivity contribution >= 4 is 5.71 Å². The molecule has 3 nitrogen and oxygen atoms in total. The average molecular weight is 244 g/mol. The highest BCUT2D eigenvalue weighted by atomic mass is 16.5. The first kappa shape index (κ1) is 11.7. The monoisotopic (exact) mass is 244 g/mol. The van der Waals surface area contributed by atoms with Gasteiger partial charge in [0.05, 0.1) is 13.2 Å². The minimum absolute atomic E-state index is 0.0979. The summed E-state index contributed by atoms with van der Waals surface area (Å²) in [7, 11) is 3.84. The van der Waals surface area contributed by atoms with Crippen molar-refractivity contribution in [1.29, 1.82) is 5.41 Å². The van der Waals surface area contributed by atoms with Crippen molar-refractivity contribution in [3.8, 4) is 5.75 Å². The van der Waals surface area contributed by atoms with Gasteiger partial charge in [0.1, 0.15) is 5.75 Å². The molecular weight excluding hydrogens is 224 g/mol. The molecule has 18 heavy (non-hydrogen) atoms. The summed E-state index contributed by atoms with van der Waals surface area (Å²) in [4.78, 5) is 2.32. The quantitative estimate of drug-likeness (QED) is 0.822. The molecule has 2 unspecified atom stereocenters. The Hall–Kier alpha value is -1.35. The summed E-state index contributed by atoms with van der Waals surface area (Å²) in [6.45, 7) is 3.28. The van der Waals surface area contributed by atoms with E-state index in [0.717, 1.165) is 30.8 Å². The van der Waals surface area contributed by atoms with Gasteiger partial charge in [0.15, 0.2) is 0 Å². The van der Waals surface area contributed by atoms with Crippen LogP contribution in [0.1, 0.15) is 24.5 Å². The smallest absolute Gasteiger partial charge is 0.119 e. The number of hydrogen-bond donors (Lipinski definition) is 1. The predicted molar refractivity (Wildman–Crippen MR) is 72.8 cm³/mol. The van der Waals surface area contributed by atoms with Gasteiger partial charge in [-0.2, -0.15) is 0 Å². The molecule has 3 heteroatoms. The Bertz CT molecular complexity index is 511. The van der Waals surface area contributed by atoms with Crippen molar-refractivity contribution in [2.24, 2.45) is 0 Å². The Morgan fingerprint density at radius 2 is 2.22 bits per heavy atom. The van der Waals surface area contributed by atoms with Crippen LogP contribution in [0.25, 0.3) is 0 Å². The molecule has 1 fully saturated rings. The molecule has 3 rings (SSSR count). The maximum absolute atomic E-state index is 8.51. The normalized spacial score (nSPS) is 31.1. The third kappa shape index (κ3) is 1.43. The zero-order valence-electron chi connectivity index (χ0n) is 11.3. The van der Waals surface area contributed by atoms with Crippen LogP contribution in [-0.4, -0.2) is 37.4 Å². The van der Waals surface area contributed by atoms with Crippen molar-refractivity contribution in [3.05, 3.63) is 29.3 Å². The number of piperidine rings is 1. The van der Waals surface area contributed by atoms with E-state index >= 15 is 0 Å². The van der Waals surface area contributed by atoms with Gasteiger partial charge >= 0.3 is 0 Å². The molecule has 2 aliphatic rings. The van der Waals surface area contributed by atoms with Crippen molar-refractivity contribution in [1.82, 2.24) is 4.90 Å². The summed E-state index contributed by atoms with van der Waals surface area (Å²) in [5.74, 6) is 0.903. The van der Waals surface area contributed by atoms with Gasteiger partial charge in [-0.15, -0.1) is 0 Å². The van der Waals surface area contributed by atoms with Crippen LogP contribution < -0.4 is 4.74 Å². The van der Waals surface area contributed by atoms with E-state index in [1.165, 1.54) is 11.1 Å². The third-order valence-corrected chi connectivity index (χ3v) is 4.75. The number of ether oxygens (including phenoxy) is 1. The van der Waals surface area contributed by atoms with Crippen molar-refractivity contribution in [2.45, 2.75) is 31.2 Å². The van der Waals surface area contributed by atoms with Crippen LogP contribution in [0.5, 0.6) is 5.75 Å². The van der Waals surface area contributed by atoms with Crippen LogP contribution in [0.2, 0.25) is 0 Å². The van der Waals surface area contributed by atoms with Gasteiger partial charge in [-0.1, -0.05) is 13.0 Å². The lowest BCUT2D eigenvalue weighted by Gasteiger charge is -2.49.